The van der Waals surface area contributed by atoms with Crippen molar-refractivity contribution in [3.63, 3.8) is 0 Å². The first kappa shape index (κ1) is 14.0. The van der Waals surface area contributed by atoms with Crippen LogP contribution in [0.4, 0.5) is 0 Å². The molecular formula is C15H21N3S. The molecule has 0 unspecified atom stereocenters. The van der Waals surface area contributed by atoms with E-state index in [1.807, 2.05) is 12.3 Å². The van der Waals surface area contributed by atoms with Gasteiger partial charge in [-0.25, -0.2) is 9.66 Å². The molecule has 2 heterocycles. The number of rotatable bonds is 5. The zero-order valence-corrected chi connectivity index (χ0v) is 12.7. The summed E-state index contributed by atoms with van der Waals surface area (Å²) in [4.78, 5) is 4.51. The minimum absolute atomic E-state index is 0.900. The Kier molecular flexibility index (Phi) is 4.53. The normalized spacial score (nSPS) is 10.9. The molecule has 0 saturated heterocycles. The first-order valence-corrected chi connectivity index (χ1v) is 7.38. The van der Waals surface area contributed by atoms with E-state index < -0.39 is 0 Å². The lowest BCUT2D eigenvalue weighted by Gasteiger charge is -2.26. The zero-order valence-electron chi connectivity index (χ0n) is 11.9. The van der Waals surface area contributed by atoms with Crippen LogP contribution in [0.3, 0.4) is 0 Å². The first-order chi connectivity index (χ1) is 9.22. The second-order valence-electron chi connectivity index (χ2n) is 4.59. The Morgan fingerprint density at radius 3 is 2.63 bits per heavy atom. The number of aromatic nitrogens is 2. The van der Waals surface area contributed by atoms with Gasteiger partial charge in [0.15, 0.2) is 5.65 Å². The minimum Gasteiger partial charge on any atom is -0.311 e. The fourth-order valence-electron chi connectivity index (χ4n) is 2.40. The van der Waals surface area contributed by atoms with Crippen LogP contribution in [0, 0.1) is 4.64 Å². The third kappa shape index (κ3) is 2.63. The molecule has 3 nitrogen and oxygen atoms in total. The lowest BCUT2D eigenvalue weighted by Crippen LogP contribution is -2.35. The van der Waals surface area contributed by atoms with Crippen molar-refractivity contribution < 1.29 is 0 Å². The Labute approximate surface area is 119 Å². The smallest absolute Gasteiger partial charge is 0.159 e. The van der Waals surface area contributed by atoms with Crippen molar-refractivity contribution in [2.45, 2.75) is 33.6 Å². The van der Waals surface area contributed by atoms with Crippen molar-refractivity contribution in [1.29, 1.82) is 0 Å². The largest absolute Gasteiger partial charge is 0.311 e. The molecule has 0 N–H and O–H groups in total. The van der Waals surface area contributed by atoms with E-state index >= 15 is 0 Å². The van der Waals surface area contributed by atoms with E-state index in [4.69, 9.17) is 12.2 Å². The molecule has 0 saturated carbocycles. The van der Waals surface area contributed by atoms with Crippen molar-refractivity contribution in [3.8, 4) is 0 Å². The van der Waals surface area contributed by atoms with Gasteiger partial charge in [0.2, 0.25) is 0 Å². The summed E-state index contributed by atoms with van der Waals surface area (Å²) in [5.74, 6) is 0. The van der Waals surface area contributed by atoms with Gasteiger partial charge in [0.25, 0.3) is 0 Å². The van der Waals surface area contributed by atoms with Crippen LogP contribution in [0.2, 0.25) is 0 Å². The molecule has 4 heteroatoms. The van der Waals surface area contributed by atoms with Crippen molar-refractivity contribution >= 4 is 23.3 Å². The Morgan fingerprint density at radius 1 is 1.26 bits per heavy atom. The number of aryl methyl sites for hydroxylation is 1. The maximum atomic E-state index is 5.67. The summed E-state index contributed by atoms with van der Waals surface area (Å²) in [7, 11) is 0. The van der Waals surface area contributed by atoms with Gasteiger partial charge in [-0.1, -0.05) is 25.6 Å². The Hall–Kier alpha value is -1.42. The molecule has 0 bridgehead atoms. The van der Waals surface area contributed by atoms with E-state index in [9.17, 15) is 0 Å². The fourth-order valence-corrected chi connectivity index (χ4v) is 2.76. The molecule has 0 spiro atoms. The molecule has 0 aromatic carbocycles. The number of fused-ring (bicyclic) bond motifs is 1. The van der Waals surface area contributed by atoms with Gasteiger partial charge in [-0.15, -0.1) is 0 Å². The van der Waals surface area contributed by atoms with Gasteiger partial charge in [0.1, 0.15) is 4.64 Å². The molecule has 19 heavy (non-hydrogen) atoms. The third-order valence-corrected chi connectivity index (χ3v) is 3.78. The van der Waals surface area contributed by atoms with Gasteiger partial charge >= 0.3 is 0 Å². The van der Waals surface area contributed by atoms with E-state index in [-0.39, 0.29) is 0 Å². The molecule has 0 atom stereocenters. The predicted molar refractivity (Wildman–Crippen MR) is 83.9 cm³/mol. The highest BCUT2D eigenvalue weighted by Gasteiger charge is 2.10. The molecular weight excluding hydrogens is 254 g/mol. The van der Waals surface area contributed by atoms with E-state index in [0.29, 0.717) is 0 Å². The summed E-state index contributed by atoms with van der Waals surface area (Å²) in [6, 6.07) is 6.28. The molecule has 0 aliphatic rings. The number of pyridine rings is 2. The predicted octanol–water partition coefficient (Wildman–Crippen LogP) is 3.70. The number of nitrogens with zero attached hydrogens (tertiary/aromatic N) is 3. The van der Waals surface area contributed by atoms with Crippen molar-refractivity contribution in [2.75, 3.05) is 18.1 Å². The third-order valence-electron chi connectivity index (χ3n) is 3.35. The quantitative estimate of drug-likeness (QED) is 0.776. The number of hydrogen-bond donors (Lipinski definition) is 0. The molecule has 0 aliphatic heterocycles. The van der Waals surface area contributed by atoms with Crippen LogP contribution in [-0.2, 0) is 6.42 Å². The van der Waals surface area contributed by atoms with Gasteiger partial charge in [0, 0.05) is 24.7 Å². The maximum absolute atomic E-state index is 5.67. The van der Waals surface area contributed by atoms with E-state index in [2.05, 4.69) is 47.6 Å². The summed E-state index contributed by atoms with van der Waals surface area (Å²) in [5.41, 5.74) is 2.20. The number of hydrogen-bond acceptors (Lipinski definition) is 3. The van der Waals surface area contributed by atoms with Gasteiger partial charge in [-0.05, 0) is 44.0 Å². The summed E-state index contributed by atoms with van der Waals surface area (Å²) in [5, 5.41) is 3.39. The van der Waals surface area contributed by atoms with Crippen LogP contribution in [-0.4, -0.2) is 22.7 Å². The molecule has 102 valence electrons. The van der Waals surface area contributed by atoms with Gasteiger partial charge in [0.05, 0.1) is 0 Å². The van der Waals surface area contributed by atoms with E-state index in [1.54, 1.807) is 0 Å². The van der Waals surface area contributed by atoms with Crippen LogP contribution in [0.1, 0.15) is 32.8 Å². The lowest BCUT2D eigenvalue weighted by atomic mass is 10.1. The Balaban J connectivity index is 2.76. The highest BCUT2D eigenvalue weighted by molar-refractivity contribution is 7.71. The first-order valence-electron chi connectivity index (χ1n) is 6.97. The van der Waals surface area contributed by atoms with Crippen molar-refractivity contribution in [3.05, 3.63) is 34.6 Å². The molecule has 0 amide bonds. The monoisotopic (exact) mass is 275 g/mol. The van der Waals surface area contributed by atoms with Crippen LogP contribution in [0.5, 0.6) is 0 Å². The van der Waals surface area contributed by atoms with Crippen molar-refractivity contribution in [2.24, 2.45) is 0 Å². The second kappa shape index (κ2) is 6.15. The van der Waals surface area contributed by atoms with Crippen LogP contribution >= 0.6 is 12.2 Å². The average molecular weight is 275 g/mol. The van der Waals surface area contributed by atoms with E-state index in [0.717, 1.165) is 41.6 Å². The summed E-state index contributed by atoms with van der Waals surface area (Å²) in [6.45, 7) is 8.32. The van der Waals surface area contributed by atoms with Crippen LogP contribution in [0.25, 0.3) is 11.0 Å². The average Bonchev–Trinajstić information content (AvgIpc) is 2.44. The van der Waals surface area contributed by atoms with E-state index in [1.165, 1.54) is 5.56 Å². The zero-order chi connectivity index (χ0) is 13.8. The van der Waals surface area contributed by atoms with Gasteiger partial charge < -0.3 is 5.01 Å². The summed E-state index contributed by atoms with van der Waals surface area (Å²) in [6.07, 6.45) is 3.95. The lowest BCUT2D eigenvalue weighted by molar-refractivity contribution is 0.619. The molecule has 0 radical (unpaired) electrons. The van der Waals surface area contributed by atoms with Gasteiger partial charge in [-0.2, -0.15) is 0 Å². The van der Waals surface area contributed by atoms with Crippen LogP contribution < -0.4 is 5.01 Å². The second-order valence-corrected chi connectivity index (χ2v) is 4.98. The Bertz CT molecular complexity index is 614. The maximum Gasteiger partial charge on any atom is 0.159 e. The molecule has 2 aromatic rings. The summed E-state index contributed by atoms with van der Waals surface area (Å²) < 4.78 is 3.01. The highest BCUT2D eigenvalue weighted by atomic mass is 32.1. The minimum atomic E-state index is 0.900. The Morgan fingerprint density at radius 2 is 2.00 bits per heavy atom. The molecule has 0 fully saturated rings. The fraction of sp³-hybridized carbons (Fsp3) is 0.467. The van der Waals surface area contributed by atoms with Crippen molar-refractivity contribution in [1.82, 2.24) is 9.66 Å². The summed E-state index contributed by atoms with van der Waals surface area (Å²) >= 11 is 5.67. The highest BCUT2D eigenvalue weighted by Crippen LogP contribution is 2.18. The molecule has 2 aromatic heterocycles. The molecule has 2 rings (SSSR count). The molecule has 0 aliphatic carbocycles. The topological polar surface area (TPSA) is 21.1 Å². The SMILES string of the molecule is CCCc1cc2cccnc2n(N(CC)CC)c1=S. The standard InChI is InChI=1S/C15H21N3S/c1-4-8-13-11-12-9-7-10-16-14(12)18(15(13)19)17(5-2)6-3/h7,9-11H,4-6,8H2,1-3H3. The van der Waals surface area contributed by atoms with Gasteiger partial charge in [-0.3, -0.25) is 0 Å². The van der Waals surface area contributed by atoms with Crippen LogP contribution in [0.15, 0.2) is 24.4 Å².